The number of halogens is 1. The van der Waals surface area contributed by atoms with E-state index in [1.54, 1.807) is 18.2 Å². The van der Waals surface area contributed by atoms with E-state index < -0.39 is 17.8 Å². The number of aryl methyl sites for hydroxylation is 1. The molecule has 6 heteroatoms. The molecule has 166 valence electrons. The van der Waals surface area contributed by atoms with Gasteiger partial charge in [-0.3, -0.25) is 9.59 Å². The summed E-state index contributed by atoms with van der Waals surface area (Å²) in [5.74, 6) is -0.536. The number of hydrogen-bond acceptors (Lipinski definition) is 3. The third-order valence-electron chi connectivity index (χ3n) is 6.04. The van der Waals surface area contributed by atoms with Gasteiger partial charge in [0.25, 0.3) is 5.91 Å². The molecule has 3 rings (SSSR count). The SMILES string of the molecule is CC(C)C(NC(=O)c1ccccc1F)C(=O)N1CCC(CCc2ccc(O)cc2)CC1. The molecular weight excluding hydrogens is 395 g/mol. The Bertz CT molecular complexity index is 890. The first-order valence-electron chi connectivity index (χ1n) is 11.0. The Morgan fingerprint density at radius 1 is 1.10 bits per heavy atom. The highest BCUT2D eigenvalue weighted by atomic mass is 19.1. The molecule has 0 bridgehead atoms. The Morgan fingerprint density at radius 2 is 1.74 bits per heavy atom. The van der Waals surface area contributed by atoms with Gasteiger partial charge in [-0.2, -0.15) is 0 Å². The van der Waals surface area contributed by atoms with Crippen molar-refractivity contribution in [1.82, 2.24) is 10.2 Å². The van der Waals surface area contributed by atoms with Crippen LogP contribution in [0.25, 0.3) is 0 Å². The minimum Gasteiger partial charge on any atom is -0.508 e. The van der Waals surface area contributed by atoms with Gasteiger partial charge in [0.15, 0.2) is 0 Å². The minimum atomic E-state index is -0.680. The van der Waals surface area contributed by atoms with Gasteiger partial charge in [0.2, 0.25) is 5.91 Å². The van der Waals surface area contributed by atoms with Crippen LogP contribution < -0.4 is 5.32 Å². The molecule has 0 saturated carbocycles. The summed E-state index contributed by atoms with van der Waals surface area (Å²) >= 11 is 0. The topological polar surface area (TPSA) is 69.6 Å². The van der Waals surface area contributed by atoms with Crippen molar-refractivity contribution in [1.29, 1.82) is 0 Å². The second kappa shape index (κ2) is 10.4. The molecule has 0 spiro atoms. The van der Waals surface area contributed by atoms with E-state index in [-0.39, 0.29) is 23.1 Å². The second-order valence-electron chi connectivity index (χ2n) is 8.65. The largest absolute Gasteiger partial charge is 0.508 e. The summed E-state index contributed by atoms with van der Waals surface area (Å²) in [6.07, 6.45) is 3.85. The summed E-state index contributed by atoms with van der Waals surface area (Å²) in [4.78, 5) is 27.4. The average Bonchev–Trinajstić information content (AvgIpc) is 2.77. The van der Waals surface area contributed by atoms with Gasteiger partial charge < -0.3 is 15.3 Å². The fourth-order valence-corrected chi connectivity index (χ4v) is 4.05. The summed E-state index contributed by atoms with van der Waals surface area (Å²) in [7, 11) is 0. The lowest BCUT2D eigenvalue weighted by molar-refractivity contribution is -0.135. The van der Waals surface area contributed by atoms with Gasteiger partial charge >= 0.3 is 0 Å². The third-order valence-corrected chi connectivity index (χ3v) is 6.04. The summed E-state index contributed by atoms with van der Waals surface area (Å²) in [5, 5.41) is 12.1. The van der Waals surface area contributed by atoms with Crippen molar-refractivity contribution in [3.63, 3.8) is 0 Å². The van der Waals surface area contributed by atoms with Crippen molar-refractivity contribution in [2.75, 3.05) is 13.1 Å². The number of carbonyl (C=O) groups is 2. The smallest absolute Gasteiger partial charge is 0.254 e. The zero-order chi connectivity index (χ0) is 22.4. The van der Waals surface area contributed by atoms with E-state index in [2.05, 4.69) is 5.32 Å². The van der Waals surface area contributed by atoms with E-state index in [1.165, 1.54) is 23.8 Å². The zero-order valence-corrected chi connectivity index (χ0v) is 18.2. The lowest BCUT2D eigenvalue weighted by atomic mass is 9.90. The van der Waals surface area contributed by atoms with E-state index in [9.17, 15) is 19.1 Å². The lowest BCUT2D eigenvalue weighted by Gasteiger charge is -2.35. The minimum absolute atomic E-state index is 0.0473. The highest BCUT2D eigenvalue weighted by Gasteiger charge is 2.31. The molecule has 1 aliphatic rings. The van der Waals surface area contributed by atoms with Crippen molar-refractivity contribution in [3.8, 4) is 5.75 Å². The van der Waals surface area contributed by atoms with Crippen LogP contribution in [-0.4, -0.2) is 41.0 Å². The Labute approximate surface area is 183 Å². The van der Waals surface area contributed by atoms with Crippen LogP contribution in [0.15, 0.2) is 48.5 Å². The van der Waals surface area contributed by atoms with E-state index in [0.717, 1.165) is 25.7 Å². The van der Waals surface area contributed by atoms with Crippen LogP contribution in [0.3, 0.4) is 0 Å². The first-order chi connectivity index (χ1) is 14.8. The Kier molecular flexibility index (Phi) is 7.66. The lowest BCUT2D eigenvalue weighted by Crippen LogP contribution is -2.53. The van der Waals surface area contributed by atoms with Gasteiger partial charge in [0.05, 0.1) is 5.56 Å². The standard InChI is InChI=1S/C25H31FN2O3/c1-17(2)23(27-24(30)21-5-3-4-6-22(21)26)25(31)28-15-13-19(14-16-28)8-7-18-9-11-20(29)12-10-18/h3-6,9-12,17,19,23,29H,7-8,13-16H2,1-2H3,(H,27,30). The summed E-state index contributed by atoms with van der Waals surface area (Å²) in [5.41, 5.74) is 1.15. The molecular formula is C25H31FN2O3. The fraction of sp³-hybridized carbons (Fsp3) is 0.440. The first kappa shape index (κ1) is 22.8. The van der Waals surface area contributed by atoms with Crippen molar-refractivity contribution in [2.24, 2.45) is 11.8 Å². The van der Waals surface area contributed by atoms with E-state index in [0.29, 0.717) is 19.0 Å². The van der Waals surface area contributed by atoms with Crippen molar-refractivity contribution in [3.05, 3.63) is 65.5 Å². The van der Waals surface area contributed by atoms with Crippen molar-refractivity contribution < 1.29 is 19.1 Å². The molecule has 1 aliphatic heterocycles. The van der Waals surface area contributed by atoms with Crippen LogP contribution in [0.5, 0.6) is 5.75 Å². The molecule has 2 aromatic rings. The monoisotopic (exact) mass is 426 g/mol. The number of likely N-dealkylation sites (tertiary alicyclic amines) is 1. The molecule has 0 radical (unpaired) electrons. The number of rotatable bonds is 7. The molecule has 2 amide bonds. The normalized spacial score (nSPS) is 15.7. The molecule has 1 unspecified atom stereocenters. The summed E-state index contributed by atoms with van der Waals surface area (Å²) < 4.78 is 13.9. The Balaban J connectivity index is 1.53. The molecule has 1 saturated heterocycles. The predicted octanol–water partition coefficient (Wildman–Crippen LogP) is 4.16. The van der Waals surface area contributed by atoms with Crippen LogP contribution >= 0.6 is 0 Å². The number of piperidine rings is 1. The quantitative estimate of drug-likeness (QED) is 0.699. The van der Waals surface area contributed by atoms with Gasteiger partial charge in [-0.15, -0.1) is 0 Å². The maximum atomic E-state index is 13.9. The summed E-state index contributed by atoms with van der Waals surface area (Å²) in [6, 6.07) is 12.4. The number of amides is 2. The van der Waals surface area contributed by atoms with Gasteiger partial charge in [-0.25, -0.2) is 4.39 Å². The molecule has 1 fully saturated rings. The van der Waals surface area contributed by atoms with E-state index in [1.807, 2.05) is 30.9 Å². The fourth-order valence-electron chi connectivity index (χ4n) is 4.05. The molecule has 0 aromatic heterocycles. The summed E-state index contributed by atoms with van der Waals surface area (Å²) in [6.45, 7) is 5.10. The van der Waals surface area contributed by atoms with Crippen LogP contribution in [0.1, 0.15) is 49.0 Å². The van der Waals surface area contributed by atoms with Gasteiger partial charge in [-0.1, -0.05) is 38.1 Å². The van der Waals surface area contributed by atoms with E-state index in [4.69, 9.17) is 0 Å². The number of aromatic hydroxyl groups is 1. The third kappa shape index (κ3) is 6.06. The molecule has 2 N–H and O–H groups in total. The maximum Gasteiger partial charge on any atom is 0.254 e. The molecule has 1 heterocycles. The highest BCUT2D eigenvalue weighted by Crippen LogP contribution is 2.24. The number of phenols is 1. The molecule has 5 nitrogen and oxygen atoms in total. The first-order valence-corrected chi connectivity index (χ1v) is 11.0. The molecule has 31 heavy (non-hydrogen) atoms. The average molecular weight is 427 g/mol. The van der Waals surface area contributed by atoms with Crippen LogP contribution in [0, 0.1) is 17.7 Å². The highest BCUT2D eigenvalue weighted by molar-refractivity contribution is 5.97. The van der Waals surface area contributed by atoms with Gasteiger partial charge in [-0.05, 0) is 67.3 Å². The molecule has 2 aromatic carbocycles. The maximum absolute atomic E-state index is 13.9. The van der Waals surface area contributed by atoms with Gasteiger partial charge in [0, 0.05) is 13.1 Å². The second-order valence-corrected chi connectivity index (χ2v) is 8.65. The zero-order valence-electron chi connectivity index (χ0n) is 18.2. The number of carbonyl (C=O) groups excluding carboxylic acids is 2. The van der Waals surface area contributed by atoms with E-state index >= 15 is 0 Å². The molecule has 1 atom stereocenters. The Hall–Kier alpha value is -2.89. The predicted molar refractivity (Wildman–Crippen MR) is 118 cm³/mol. The number of hydrogen-bond donors (Lipinski definition) is 2. The van der Waals surface area contributed by atoms with Crippen LogP contribution in [0.4, 0.5) is 4.39 Å². The van der Waals surface area contributed by atoms with Crippen LogP contribution in [-0.2, 0) is 11.2 Å². The van der Waals surface area contributed by atoms with Crippen LogP contribution in [0.2, 0.25) is 0 Å². The number of nitrogens with one attached hydrogen (secondary N) is 1. The van der Waals surface area contributed by atoms with Crippen molar-refractivity contribution in [2.45, 2.75) is 45.6 Å². The van der Waals surface area contributed by atoms with Crippen molar-refractivity contribution >= 4 is 11.8 Å². The Morgan fingerprint density at radius 3 is 2.35 bits per heavy atom. The molecule has 0 aliphatic carbocycles. The number of benzene rings is 2. The number of phenolic OH excluding ortho intramolecular Hbond substituents is 1. The number of nitrogens with zero attached hydrogens (tertiary/aromatic N) is 1. The van der Waals surface area contributed by atoms with Gasteiger partial charge in [0.1, 0.15) is 17.6 Å².